The summed E-state index contributed by atoms with van der Waals surface area (Å²) in [6.45, 7) is 2.27. The molecule has 2 aromatic rings. The van der Waals surface area contributed by atoms with Crippen LogP contribution in [0.3, 0.4) is 0 Å². The smallest absolute Gasteiger partial charge is 0.341 e. The highest BCUT2D eigenvalue weighted by molar-refractivity contribution is 5.93. The molecule has 134 valence electrons. The van der Waals surface area contributed by atoms with Gasteiger partial charge in [-0.2, -0.15) is 0 Å². The van der Waals surface area contributed by atoms with Crippen molar-refractivity contribution in [3.05, 3.63) is 57.6 Å². The van der Waals surface area contributed by atoms with Crippen molar-refractivity contribution in [1.82, 2.24) is 4.57 Å². The number of hydrogen-bond donors (Lipinski definition) is 2. The first-order chi connectivity index (χ1) is 12.4. The minimum atomic E-state index is -1.33. The van der Waals surface area contributed by atoms with Crippen molar-refractivity contribution in [2.75, 3.05) is 0 Å². The quantitative estimate of drug-likeness (QED) is 0.877. The van der Waals surface area contributed by atoms with Crippen LogP contribution in [0.1, 0.15) is 29.3 Å². The van der Waals surface area contributed by atoms with E-state index >= 15 is 4.39 Å². The molecule has 7 heteroatoms. The van der Waals surface area contributed by atoms with E-state index in [1.165, 1.54) is 6.20 Å². The molecule has 2 heterocycles. The van der Waals surface area contributed by atoms with Gasteiger partial charge in [0.2, 0.25) is 5.43 Å². The molecule has 3 N–H and O–H groups in total. The zero-order chi connectivity index (χ0) is 18.6. The highest BCUT2D eigenvalue weighted by Gasteiger charge is 2.52. The second kappa shape index (κ2) is 5.60. The summed E-state index contributed by atoms with van der Waals surface area (Å²) in [5, 5.41) is 9.29. The van der Waals surface area contributed by atoms with Crippen LogP contribution in [-0.4, -0.2) is 27.9 Å². The number of carboxylic acids is 1. The minimum Gasteiger partial charge on any atom is -0.477 e. The second-order valence-corrected chi connectivity index (χ2v) is 6.78. The number of carbonyl (C=O) groups is 1. The summed E-state index contributed by atoms with van der Waals surface area (Å²) in [4.78, 5) is 28.3. The molecule has 1 aliphatic heterocycles. The SMILES string of the molecule is CCn1cc(C(=O)O)c(=O)c2cc(F)c(C3(C4CC4N)C=CC=N3)cc21. The number of nitrogens with two attached hydrogens (primary N) is 1. The van der Waals surface area contributed by atoms with E-state index in [4.69, 9.17) is 5.73 Å². The van der Waals surface area contributed by atoms with Gasteiger partial charge >= 0.3 is 5.97 Å². The number of rotatable bonds is 4. The number of aromatic nitrogens is 1. The average Bonchev–Trinajstić information content (AvgIpc) is 3.15. The highest BCUT2D eigenvalue weighted by Crippen LogP contribution is 2.50. The molecule has 1 aliphatic carbocycles. The molecular formula is C19H18FN3O3. The molecule has 6 nitrogen and oxygen atoms in total. The monoisotopic (exact) mass is 355 g/mol. The Balaban J connectivity index is 2.02. The van der Waals surface area contributed by atoms with Crippen molar-refractivity contribution in [2.24, 2.45) is 16.6 Å². The lowest BCUT2D eigenvalue weighted by molar-refractivity contribution is 0.0695. The third-order valence-corrected chi connectivity index (χ3v) is 5.30. The summed E-state index contributed by atoms with van der Waals surface area (Å²) in [5.74, 6) is -1.90. The van der Waals surface area contributed by atoms with E-state index in [2.05, 4.69) is 4.99 Å². The fourth-order valence-corrected chi connectivity index (χ4v) is 3.83. The number of aliphatic imine (C=N–C) groups is 1. The molecule has 0 amide bonds. The molecule has 0 spiro atoms. The molecule has 3 atom stereocenters. The van der Waals surface area contributed by atoms with Crippen LogP contribution in [0.5, 0.6) is 0 Å². The van der Waals surface area contributed by atoms with Crippen molar-refractivity contribution in [1.29, 1.82) is 0 Å². The number of allylic oxidation sites excluding steroid dienone is 1. The molecule has 2 aliphatic rings. The number of halogens is 1. The van der Waals surface area contributed by atoms with Crippen molar-refractivity contribution in [2.45, 2.75) is 31.5 Å². The van der Waals surface area contributed by atoms with E-state index in [9.17, 15) is 14.7 Å². The zero-order valence-corrected chi connectivity index (χ0v) is 14.1. The van der Waals surface area contributed by atoms with Gasteiger partial charge in [-0.1, -0.05) is 6.08 Å². The maximum absolute atomic E-state index is 15.0. The number of fused-ring (bicyclic) bond motifs is 1. The Morgan fingerprint density at radius 3 is 2.77 bits per heavy atom. The number of pyridine rings is 1. The van der Waals surface area contributed by atoms with Crippen LogP contribution in [0.25, 0.3) is 10.9 Å². The molecule has 1 aromatic heterocycles. The van der Waals surface area contributed by atoms with Gasteiger partial charge in [-0.25, -0.2) is 9.18 Å². The number of aryl methyl sites for hydroxylation is 1. The van der Waals surface area contributed by atoms with Gasteiger partial charge in [0.1, 0.15) is 16.9 Å². The zero-order valence-electron chi connectivity index (χ0n) is 14.1. The molecule has 1 saturated carbocycles. The van der Waals surface area contributed by atoms with Crippen LogP contribution in [0.4, 0.5) is 4.39 Å². The van der Waals surface area contributed by atoms with E-state index in [0.717, 1.165) is 12.5 Å². The normalized spacial score (nSPS) is 26.6. The Kier molecular flexibility index (Phi) is 3.59. The highest BCUT2D eigenvalue weighted by atomic mass is 19.1. The van der Waals surface area contributed by atoms with Crippen molar-refractivity contribution in [3.8, 4) is 0 Å². The molecule has 1 fully saturated rings. The summed E-state index contributed by atoms with van der Waals surface area (Å²) in [6.07, 6.45) is 7.30. The largest absolute Gasteiger partial charge is 0.477 e. The van der Waals surface area contributed by atoms with Crippen LogP contribution >= 0.6 is 0 Å². The predicted molar refractivity (Wildman–Crippen MR) is 96.2 cm³/mol. The Hall–Kier alpha value is -2.80. The Labute approximate surface area is 148 Å². The predicted octanol–water partition coefficient (Wildman–Crippen LogP) is 2.04. The second-order valence-electron chi connectivity index (χ2n) is 6.78. The Morgan fingerprint density at radius 2 is 2.23 bits per heavy atom. The van der Waals surface area contributed by atoms with Gasteiger partial charge in [0.25, 0.3) is 0 Å². The molecule has 0 bridgehead atoms. The van der Waals surface area contributed by atoms with Crippen LogP contribution in [0.2, 0.25) is 0 Å². The standard InChI is InChI=1S/C19H18FN3O3/c1-2-23-9-11(18(25)26)17(24)10-6-14(20)12(8-16(10)23)19(4-3-5-22-19)13-7-15(13)21/h3-6,8-9,13,15H,2,7,21H2,1H3,(H,25,26). The molecule has 4 rings (SSSR count). The molecular weight excluding hydrogens is 337 g/mol. The van der Waals surface area contributed by atoms with Crippen molar-refractivity contribution < 1.29 is 14.3 Å². The van der Waals surface area contributed by atoms with E-state index in [1.807, 2.05) is 13.0 Å². The summed E-state index contributed by atoms with van der Waals surface area (Å²) in [5.41, 5.74) is 4.94. The van der Waals surface area contributed by atoms with E-state index in [-0.39, 0.29) is 22.9 Å². The first-order valence-electron chi connectivity index (χ1n) is 8.48. The maximum Gasteiger partial charge on any atom is 0.341 e. The van der Waals surface area contributed by atoms with E-state index < -0.39 is 22.8 Å². The van der Waals surface area contributed by atoms with Crippen LogP contribution in [-0.2, 0) is 12.1 Å². The van der Waals surface area contributed by atoms with E-state index in [1.54, 1.807) is 22.9 Å². The molecule has 1 aromatic carbocycles. The van der Waals surface area contributed by atoms with Gasteiger partial charge in [0.15, 0.2) is 0 Å². The summed E-state index contributed by atoms with van der Waals surface area (Å²) in [7, 11) is 0. The van der Waals surface area contributed by atoms with Gasteiger partial charge in [0.05, 0.1) is 5.52 Å². The summed E-state index contributed by atoms with van der Waals surface area (Å²) >= 11 is 0. The van der Waals surface area contributed by atoms with Gasteiger partial charge in [-0.3, -0.25) is 9.79 Å². The van der Waals surface area contributed by atoms with Gasteiger partial charge in [-0.15, -0.1) is 0 Å². The maximum atomic E-state index is 15.0. The third-order valence-electron chi connectivity index (χ3n) is 5.30. The lowest BCUT2D eigenvalue weighted by Gasteiger charge is -2.26. The fraction of sp³-hybridized carbons (Fsp3) is 0.316. The fourth-order valence-electron chi connectivity index (χ4n) is 3.83. The van der Waals surface area contributed by atoms with Crippen LogP contribution in [0.15, 0.2) is 40.3 Å². The molecule has 0 saturated heterocycles. The topological polar surface area (TPSA) is 97.7 Å². The van der Waals surface area contributed by atoms with Crippen LogP contribution in [0, 0.1) is 11.7 Å². The number of benzene rings is 1. The molecule has 0 radical (unpaired) electrons. The Bertz CT molecular complexity index is 1040. The lowest BCUT2D eigenvalue weighted by Crippen LogP contribution is -2.28. The van der Waals surface area contributed by atoms with Crippen LogP contribution < -0.4 is 11.2 Å². The first-order valence-corrected chi connectivity index (χ1v) is 8.48. The van der Waals surface area contributed by atoms with Crippen molar-refractivity contribution in [3.63, 3.8) is 0 Å². The minimum absolute atomic E-state index is 0.00420. The summed E-state index contributed by atoms with van der Waals surface area (Å²) < 4.78 is 16.7. The number of aromatic carboxylic acids is 1. The van der Waals surface area contributed by atoms with Gasteiger partial charge in [0, 0.05) is 41.9 Å². The number of nitrogens with zero attached hydrogens (tertiary/aromatic N) is 2. The average molecular weight is 355 g/mol. The molecule has 26 heavy (non-hydrogen) atoms. The van der Waals surface area contributed by atoms with Gasteiger partial charge in [-0.05, 0) is 31.6 Å². The summed E-state index contributed by atoms with van der Waals surface area (Å²) in [6, 6.07) is 2.69. The molecule has 3 unspecified atom stereocenters. The Morgan fingerprint density at radius 1 is 1.50 bits per heavy atom. The number of hydrogen-bond acceptors (Lipinski definition) is 4. The van der Waals surface area contributed by atoms with Crippen molar-refractivity contribution >= 4 is 23.1 Å². The van der Waals surface area contributed by atoms with E-state index in [0.29, 0.717) is 17.6 Å². The first kappa shape index (κ1) is 16.7. The van der Waals surface area contributed by atoms with Gasteiger partial charge < -0.3 is 15.4 Å². The number of carboxylic acid groups (broad SMARTS) is 1. The lowest BCUT2D eigenvalue weighted by atomic mass is 9.84. The third kappa shape index (κ3) is 2.24.